The number of carboxylic acid groups (broad SMARTS) is 1. The maximum absolute atomic E-state index is 14.4. The quantitative estimate of drug-likeness (QED) is 0.811. The molecule has 134 valence electrons. The van der Waals surface area contributed by atoms with Gasteiger partial charge in [-0.05, 0) is 17.7 Å². The van der Waals surface area contributed by atoms with Crippen LogP contribution >= 0.6 is 11.6 Å². The van der Waals surface area contributed by atoms with E-state index in [1.165, 1.54) is 12.1 Å². The van der Waals surface area contributed by atoms with Gasteiger partial charge in [0.25, 0.3) is 0 Å². The first kappa shape index (κ1) is 18.8. The number of urea groups is 1. The van der Waals surface area contributed by atoms with Crippen LogP contribution in [-0.4, -0.2) is 58.7 Å². The average molecular weight is 375 g/mol. The molecule has 1 heterocycles. The maximum Gasteiger partial charge on any atom is 0.375 e. The lowest BCUT2D eigenvalue weighted by atomic mass is 9.78. The molecule has 4 amide bonds. The number of nitrogens with zero attached hydrogens (tertiary/aromatic N) is 2. The van der Waals surface area contributed by atoms with E-state index in [2.05, 4.69) is 0 Å². The molecule has 0 aliphatic carbocycles. The molecular weight excluding hydrogens is 362 g/mol. The molecule has 1 atom stereocenters. The molecule has 0 aromatic heterocycles. The van der Waals surface area contributed by atoms with Crippen LogP contribution in [0.2, 0.25) is 5.02 Å². The zero-order valence-corrected chi connectivity index (χ0v) is 13.8. The molecule has 0 radical (unpaired) electrons. The summed E-state index contributed by atoms with van der Waals surface area (Å²) in [5.41, 5.74) is -0.264. The second-order valence-corrected chi connectivity index (χ2v) is 5.95. The molecule has 1 aliphatic heterocycles. The third-order valence-corrected chi connectivity index (χ3v) is 4.26. The Bertz CT molecular complexity index is 729. The summed E-state index contributed by atoms with van der Waals surface area (Å²) in [5.74, 6) is -13.7. The predicted molar refractivity (Wildman–Crippen MR) is 81.2 cm³/mol. The van der Waals surface area contributed by atoms with Crippen LogP contribution in [0.3, 0.4) is 0 Å². The molecule has 1 aromatic carbocycles. The highest BCUT2D eigenvalue weighted by Crippen LogP contribution is 2.42. The van der Waals surface area contributed by atoms with Crippen molar-refractivity contribution in [3.05, 3.63) is 34.9 Å². The van der Waals surface area contributed by atoms with E-state index in [1.54, 1.807) is 0 Å². The minimum atomic E-state index is -4.44. The molecule has 25 heavy (non-hydrogen) atoms. The SMILES string of the molecule is CN1C(=O)C(C(c2ccc(Cl)cc2)C(F)(F)C(=O)O)C(=O)N(C)C1=O. The van der Waals surface area contributed by atoms with Crippen molar-refractivity contribution in [3.63, 3.8) is 0 Å². The first-order chi connectivity index (χ1) is 11.5. The number of carbonyl (C=O) groups excluding carboxylic acids is 3. The zero-order chi connectivity index (χ0) is 19.1. The Kier molecular flexibility index (Phi) is 4.81. The van der Waals surface area contributed by atoms with Crippen molar-refractivity contribution >= 4 is 35.4 Å². The summed E-state index contributed by atoms with van der Waals surface area (Å²) in [6.07, 6.45) is 0. The van der Waals surface area contributed by atoms with Gasteiger partial charge in [-0.2, -0.15) is 8.78 Å². The third kappa shape index (κ3) is 3.07. The lowest BCUT2D eigenvalue weighted by molar-refractivity contribution is -0.174. The van der Waals surface area contributed by atoms with Crippen LogP contribution < -0.4 is 0 Å². The van der Waals surface area contributed by atoms with Gasteiger partial charge >= 0.3 is 17.9 Å². The van der Waals surface area contributed by atoms with Crippen LogP contribution in [0.5, 0.6) is 0 Å². The highest BCUT2D eigenvalue weighted by Gasteiger charge is 2.59. The summed E-state index contributed by atoms with van der Waals surface area (Å²) >= 11 is 5.70. The van der Waals surface area contributed by atoms with E-state index >= 15 is 0 Å². The van der Waals surface area contributed by atoms with E-state index in [1.807, 2.05) is 0 Å². The van der Waals surface area contributed by atoms with Crippen LogP contribution in [0.25, 0.3) is 0 Å². The fourth-order valence-electron chi connectivity index (χ4n) is 2.64. The van der Waals surface area contributed by atoms with Gasteiger partial charge < -0.3 is 5.11 Å². The number of halogens is 3. The van der Waals surface area contributed by atoms with Gasteiger partial charge in [0.1, 0.15) is 5.92 Å². The summed E-state index contributed by atoms with van der Waals surface area (Å²) < 4.78 is 28.8. The van der Waals surface area contributed by atoms with Crippen molar-refractivity contribution in [2.24, 2.45) is 5.92 Å². The third-order valence-electron chi connectivity index (χ3n) is 4.01. The van der Waals surface area contributed by atoms with Gasteiger partial charge in [0, 0.05) is 19.1 Å². The van der Waals surface area contributed by atoms with Crippen LogP contribution in [0.15, 0.2) is 24.3 Å². The van der Waals surface area contributed by atoms with E-state index in [9.17, 15) is 28.0 Å². The van der Waals surface area contributed by atoms with Crippen LogP contribution in [-0.2, 0) is 14.4 Å². The molecule has 0 spiro atoms. The van der Waals surface area contributed by atoms with E-state index < -0.39 is 41.6 Å². The van der Waals surface area contributed by atoms with Crippen molar-refractivity contribution in [2.45, 2.75) is 11.8 Å². The van der Waals surface area contributed by atoms with Crippen molar-refractivity contribution < 1.29 is 33.1 Å². The van der Waals surface area contributed by atoms with E-state index in [0.717, 1.165) is 26.2 Å². The molecule has 7 nitrogen and oxygen atoms in total. The molecule has 0 bridgehead atoms. The molecular formula is C15H13ClF2N2O5. The van der Waals surface area contributed by atoms with E-state index in [4.69, 9.17) is 16.7 Å². The Hall–Kier alpha value is -2.55. The summed E-state index contributed by atoms with van der Waals surface area (Å²) in [6, 6.07) is 3.71. The van der Waals surface area contributed by atoms with Gasteiger partial charge in [-0.25, -0.2) is 9.59 Å². The number of hydrogen-bond acceptors (Lipinski definition) is 4. The Balaban J connectivity index is 2.64. The van der Waals surface area contributed by atoms with Crippen LogP contribution in [0.4, 0.5) is 13.6 Å². The summed E-state index contributed by atoms with van der Waals surface area (Å²) in [7, 11) is 2.05. The number of benzene rings is 1. The second kappa shape index (κ2) is 6.40. The molecule has 1 saturated heterocycles. The first-order valence-corrected chi connectivity index (χ1v) is 7.33. The number of alkyl halides is 2. The fourth-order valence-corrected chi connectivity index (χ4v) is 2.76. The van der Waals surface area contributed by atoms with Gasteiger partial charge in [-0.1, -0.05) is 23.7 Å². The Morgan fingerprint density at radius 3 is 1.96 bits per heavy atom. The molecule has 10 heteroatoms. The molecule has 1 N–H and O–H groups in total. The van der Waals surface area contributed by atoms with Gasteiger partial charge in [-0.15, -0.1) is 0 Å². The van der Waals surface area contributed by atoms with Crippen molar-refractivity contribution in [1.82, 2.24) is 9.80 Å². The topological polar surface area (TPSA) is 95.0 Å². The lowest BCUT2D eigenvalue weighted by Gasteiger charge is -2.38. The Labute approximate surface area is 145 Å². The molecule has 1 unspecified atom stereocenters. The maximum atomic E-state index is 14.4. The number of imide groups is 2. The fraction of sp³-hybridized carbons (Fsp3) is 0.333. The number of barbiturate groups is 1. The molecule has 1 aliphatic rings. The van der Waals surface area contributed by atoms with Gasteiger partial charge in [0.15, 0.2) is 0 Å². The highest BCUT2D eigenvalue weighted by molar-refractivity contribution is 6.30. The summed E-state index contributed by atoms with van der Waals surface area (Å²) in [4.78, 5) is 48.6. The van der Waals surface area contributed by atoms with Crippen LogP contribution in [0, 0.1) is 5.92 Å². The van der Waals surface area contributed by atoms with Crippen LogP contribution in [0.1, 0.15) is 11.5 Å². The predicted octanol–water partition coefficient (Wildman–Crippen LogP) is 1.81. The second-order valence-electron chi connectivity index (χ2n) is 5.51. The largest absolute Gasteiger partial charge is 0.477 e. The van der Waals surface area contributed by atoms with Gasteiger partial charge in [-0.3, -0.25) is 19.4 Å². The number of carbonyl (C=O) groups is 4. The van der Waals surface area contributed by atoms with E-state index in [-0.39, 0.29) is 10.6 Å². The summed E-state index contributed by atoms with van der Waals surface area (Å²) in [6.45, 7) is 0. The molecule has 2 rings (SSSR count). The average Bonchev–Trinajstić information content (AvgIpc) is 2.56. The minimum Gasteiger partial charge on any atom is -0.477 e. The summed E-state index contributed by atoms with van der Waals surface area (Å²) in [5, 5.41) is 9.12. The lowest BCUT2D eigenvalue weighted by Crippen LogP contribution is -2.60. The number of aliphatic carboxylic acids is 1. The molecule has 1 fully saturated rings. The minimum absolute atomic E-state index is 0.201. The number of carboxylic acids is 1. The normalized spacial score (nSPS) is 17.9. The van der Waals surface area contributed by atoms with E-state index in [0.29, 0.717) is 9.80 Å². The molecule has 0 saturated carbocycles. The van der Waals surface area contributed by atoms with Crippen molar-refractivity contribution in [2.75, 3.05) is 14.1 Å². The van der Waals surface area contributed by atoms with Crippen molar-refractivity contribution in [1.29, 1.82) is 0 Å². The molecule has 1 aromatic rings. The number of amides is 4. The first-order valence-electron chi connectivity index (χ1n) is 6.96. The standard InChI is InChI=1S/C15H13ClF2N2O5/c1-19-11(21)9(12(22)20(2)14(19)25)10(15(17,18)13(23)24)7-3-5-8(16)6-4-7/h3-6,9-10H,1-2H3,(H,23,24). The van der Waals surface area contributed by atoms with Gasteiger partial charge in [0.05, 0.1) is 5.92 Å². The Morgan fingerprint density at radius 1 is 1.12 bits per heavy atom. The highest BCUT2D eigenvalue weighted by atomic mass is 35.5. The van der Waals surface area contributed by atoms with Gasteiger partial charge in [0.2, 0.25) is 11.8 Å². The number of rotatable bonds is 4. The Morgan fingerprint density at radius 2 is 1.56 bits per heavy atom. The number of hydrogen-bond donors (Lipinski definition) is 1. The zero-order valence-electron chi connectivity index (χ0n) is 13.1. The van der Waals surface area contributed by atoms with Crippen molar-refractivity contribution in [3.8, 4) is 0 Å². The smallest absolute Gasteiger partial charge is 0.375 e. The monoisotopic (exact) mass is 374 g/mol.